The predicted octanol–water partition coefficient (Wildman–Crippen LogP) is 7.34. The fourth-order valence-corrected chi connectivity index (χ4v) is 5.50. The van der Waals surface area contributed by atoms with Crippen LogP contribution >= 0.6 is 11.3 Å². The zero-order valence-corrected chi connectivity index (χ0v) is 21.4. The molecule has 0 spiro atoms. The molecule has 1 saturated carbocycles. The Morgan fingerprint density at radius 1 is 1.24 bits per heavy atom. The Labute approximate surface area is 206 Å². The normalized spacial score (nSPS) is 18.6. The van der Waals surface area contributed by atoms with Gasteiger partial charge < -0.3 is 19.9 Å². The van der Waals surface area contributed by atoms with Gasteiger partial charge in [0.05, 0.1) is 4.88 Å². The molecule has 0 bridgehead atoms. The number of amides is 1. The van der Waals surface area contributed by atoms with E-state index in [0.717, 1.165) is 54.7 Å². The number of nitrogens with zero attached hydrogens (tertiary/aromatic N) is 1. The summed E-state index contributed by atoms with van der Waals surface area (Å²) in [5.74, 6) is 0.899. The number of aromatic nitrogens is 1. The van der Waals surface area contributed by atoms with E-state index in [2.05, 4.69) is 41.6 Å². The molecule has 0 atom stereocenters. The van der Waals surface area contributed by atoms with Crippen LogP contribution in [0, 0.1) is 5.41 Å². The van der Waals surface area contributed by atoms with Gasteiger partial charge in [0.15, 0.2) is 0 Å². The second-order valence-corrected chi connectivity index (χ2v) is 11.1. The fourth-order valence-electron chi connectivity index (χ4n) is 4.87. The van der Waals surface area contributed by atoms with Gasteiger partial charge in [0, 0.05) is 35.4 Å². The average molecular weight is 481 g/mol. The fraction of sp³-hybridized carbons (Fsp3) is 0.481. The smallest absolute Gasteiger partial charge is 0.410 e. The first-order chi connectivity index (χ1) is 16.2. The molecule has 1 amide bonds. The maximum atomic E-state index is 12.8. The molecule has 182 valence electrons. The molecule has 0 radical (unpaired) electrons. The lowest BCUT2D eigenvalue weighted by atomic mass is 9.81. The summed E-state index contributed by atoms with van der Waals surface area (Å²) in [4.78, 5) is 19.1. The van der Waals surface area contributed by atoms with E-state index in [1.807, 2.05) is 43.2 Å². The molecule has 3 N–H and O–H groups in total. The van der Waals surface area contributed by atoms with Crippen molar-refractivity contribution in [3.63, 3.8) is 0 Å². The van der Waals surface area contributed by atoms with Crippen molar-refractivity contribution in [2.24, 2.45) is 0 Å². The molecular weight excluding hydrogens is 444 g/mol. The van der Waals surface area contributed by atoms with Gasteiger partial charge in [-0.2, -0.15) is 0 Å². The van der Waals surface area contributed by atoms with Gasteiger partial charge in [0.1, 0.15) is 11.4 Å². The highest BCUT2D eigenvalue weighted by molar-refractivity contribution is 7.12. The lowest BCUT2D eigenvalue weighted by molar-refractivity contribution is 0.0115. The van der Waals surface area contributed by atoms with E-state index in [4.69, 9.17) is 10.1 Å². The largest absolute Gasteiger partial charge is 0.444 e. The number of H-pyrrole nitrogens is 1. The van der Waals surface area contributed by atoms with Gasteiger partial charge in [0.25, 0.3) is 0 Å². The van der Waals surface area contributed by atoms with Gasteiger partial charge in [0.2, 0.25) is 0 Å². The van der Waals surface area contributed by atoms with Crippen LogP contribution in [-0.4, -0.2) is 40.0 Å². The van der Waals surface area contributed by atoms with Crippen molar-refractivity contribution >= 4 is 39.9 Å². The molecule has 7 heteroatoms. The Bertz CT molecular complexity index is 1120. The molecule has 0 aliphatic heterocycles. The number of aromatic amines is 1. The summed E-state index contributed by atoms with van der Waals surface area (Å²) in [7, 11) is 0. The van der Waals surface area contributed by atoms with Crippen molar-refractivity contribution < 1.29 is 9.53 Å². The van der Waals surface area contributed by atoms with Crippen molar-refractivity contribution in [3.05, 3.63) is 52.3 Å². The molecule has 1 aliphatic rings. The maximum Gasteiger partial charge on any atom is 0.410 e. The van der Waals surface area contributed by atoms with E-state index in [1.54, 1.807) is 11.3 Å². The highest BCUT2D eigenvalue weighted by Gasteiger charge is 2.32. The van der Waals surface area contributed by atoms with Crippen LogP contribution in [-0.2, 0) is 4.74 Å². The third-order valence-electron chi connectivity index (χ3n) is 6.42. The molecule has 4 rings (SSSR count). The van der Waals surface area contributed by atoms with Crippen molar-refractivity contribution in [2.45, 2.75) is 77.4 Å². The number of rotatable bonds is 6. The van der Waals surface area contributed by atoms with Crippen LogP contribution in [0.25, 0.3) is 10.9 Å². The summed E-state index contributed by atoms with van der Waals surface area (Å²) in [6.07, 6.45) is 7.00. The molecule has 2 heterocycles. The minimum Gasteiger partial charge on any atom is -0.444 e. The van der Waals surface area contributed by atoms with Crippen LogP contribution in [0.2, 0.25) is 0 Å². The molecule has 1 aliphatic carbocycles. The molecule has 0 saturated heterocycles. The maximum absolute atomic E-state index is 12.8. The molecule has 3 aromatic rings. The first-order valence-corrected chi connectivity index (χ1v) is 13.1. The third-order valence-corrected chi connectivity index (χ3v) is 7.31. The number of hydrogen-bond donors (Lipinski definition) is 3. The number of nitrogens with one attached hydrogen (secondary N) is 3. The zero-order valence-electron chi connectivity index (χ0n) is 20.6. The molecule has 34 heavy (non-hydrogen) atoms. The summed E-state index contributed by atoms with van der Waals surface area (Å²) in [5, 5.41) is 14.7. The number of amidine groups is 1. The van der Waals surface area contributed by atoms with E-state index >= 15 is 0 Å². The summed E-state index contributed by atoms with van der Waals surface area (Å²) < 4.78 is 5.69. The number of benzene rings is 1. The number of fused-ring (bicyclic) bond motifs is 1. The van der Waals surface area contributed by atoms with Crippen LogP contribution in [0.5, 0.6) is 0 Å². The number of carbonyl (C=O) groups is 1. The van der Waals surface area contributed by atoms with Crippen LogP contribution in [0.1, 0.15) is 76.2 Å². The minimum absolute atomic E-state index is 0.182. The van der Waals surface area contributed by atoms with Crippen LogP contribution in [0.4, 0.5) is 10.5 Å². The summed E-state index contributed by atoms with van der Waals surface area (Å²) in [6, 6.07) is 10.4. The summed E-state index contributed by atoms with van der Waals surface area (Å²) >= 11 is 1.56. The quantitative estimate of drug-likeness (QED) is 0.255. The van der Waals surface area contributed by atoms with Crippen molar-refractivity contribution in [2.75, 3.05) is 11.9 Å². The number of ether oxygens (including phenoxy) is 1. The van der Waals surface area contributed by atoms with Gasteiger partial charge in [-0.05, 0) is 87.9 Å². The molecule has 2 aromatic heterocycles. The van der Waals surface area contributed by atoms with Crippen LogP contribution in [0.15, 0.2) is 41.9 Å². The Morgan fingerprint density at radius 3 is 2.65 bits per heavy atom. The third kappa shape index (κ3) is 5.63. The van der Waals surface area contributed by atoms with Crippen LogP contribution < -0.4 is 5.32 Å². The highest BCUT2D eigenvalue weighted by atomic mass is 32.1. The Hall–Kier alpha value is -2.80. The molecule has 6 nitrogen and oxygen atoms in total. The SMILES string of the molecule is CCCN(C(=O)OC(C)(C)C)[C@H]1CC[C@H](c2c[nH]c3cc(NC(=N)c4cccs4)ccc32)CC1. The number of anilines is 1. The molecule has 1 aromatic carbocycles. The topological polar surface area (TPSA) is 81.2 Å². The number of thiophene rings is 1. The predicted molar refractivity (Wildman–Crippen MR) is 141 cm³/mol. The minimum atomic E-state index is -0.472. The van der Waals surface area contributed by atoms with Crippen LogP contribution in [0.3, 0.4) is 0 Å². The number of carbonyl (C=O) groups excluding carboxylic acids is 1. The second kappa shape index (κ2) is 10.2. The van der Waals surface area contributed by atoms with Gasteiger partial charge in [-0.25, -0.2) is 4.79 Å². The van der Waals surface area contributed by atoms with Gasteiger partial charge in [-0.15, -0.1) is 11.3 Å². The summed E-state index contributed by atoms with van der Waals surface area (Å²) in [5.41, 5.74) is 2.88. The van der Waals surface area contributed by atoms with E-state index in [1.165, 1.54) is 10.9 Å². The van der Waals surface area contributed by atoms with Crippen molar-refractivity contribution in [1.82, 2.24) is 9.88 Å². The van der Waals surface area contributed by atoms with Crippen molar-refractivity contribution in [3.8, 4) is 0 Å². The number of hydrogen-bond acceptors (Lipinski definition) is 4. The lowest BCUT2D eigenvalue weighted by Crippen LogP contribution is -2.45. The zero-order chi connectivity index (χ0) is 24.3. The monoisotopic (exact) mass is 480 g/mol. The Balaban J connectivity index is 1.41. The Morgan fingerprint density at radius 2 is 2.00 bits per heavy atom. The van der Waals surface area contributed by atoms with E-state index in [-0.39, 0.29) is 12.1 Å². The van der Waals surface area contributed by atoms with E-state index in [9.17, 15) is 4.79 Å². The standard InChI is InChI=1S/C27H36N4O2S/c1-5-14-31(26(32)33-27(2,3)4)20-11-8-18(9-12-20)22-17-29-23-16-19(10-13-21(22)23)30-25(28)24-7-6-15-34-24/h6-7,10,13,15-18,20,29H,5,8-9,11-12,14H2,1-4H3,(H2,28,30)/t18-,20-. The lowest BCUT2D eigenvalue weighted by Gasteiger charge is -2.37. The average Bonchev–Trinajstić information content (AvgIpc) is 3.46. The van der Waals surface area contributed by atoms with Gasteiger partial charge in [-0.3, -0.25) is 5.41 Å². The summed E-state index contributed by atoms with van der Waals surface area (Å²) in [6.45, 7) is 8.63. The van der Waals surface area contributed by atoms with Gasteiger partial charge >= 0.3 is 6.09 Å². The van der Waals surface area contributed by atoms with Crippen molar-refractivity contribution in [1.29, 1.82) is 5.41 Å². The first-order valence-electron chi connectivity index (χ1n) is 12.2. The van der Waals surface area contributed by atoms with Gasteiger partial charge in [-0.1, -0.05) is 19.1 Å². The second-order valence-electron chi connectivity index (χ2n) is 10.2. The molecule has 0 unspecified atom stereocenters. The van der Waals surface area contributed by atoms with E-state index in [0.29, 0.717) is 11.8 Å². The highest BCUT2D eigenvalue weighted by Crippen LogP contribution is 2.39. The molecular formula is C27H36N4O2S. The first kappa shape index (κ1) is 24.3. The Kier molecular flexibility index (Phi) is 7.31. The van der Waals surface area contributed by atoms with E-state index < -0.39 is 5.60 Å². The molecule has 1 fully saturated rings.